The van der Waals surface area contributed by atoms with Crippen molar-refractivity contribution < 1.29 is 23.8 Å². The molecule has 2 aliphatic heterocycles. The van der Waals surface area contributed by atoms with E-state index in [0.717, 1.165) is 37.4 Å². The van der Waals surface area contributed by atoms with Crippen LogP contribution in [0.5, 0.6) is 5.75 Å². The number of hydrogen-bond donors (Lipinski definition) is 1. The van der Waals surface area contributed by atoms with Crippen molar-refractivity contribution in [3.63, 3.8) is 0 Å². The number of rotatable bonds is 8. The molecular weight excluding hydrogens is 439 g/mol. The van der Waals surface area contributed by atoms with Gasteiger partial charge in [-0.2, -0.15) is 0 Å². The molecule has 0 saturated carbocycles. The maximum absolute atomic E-state index is 14.4. The van der Waals surface area contributed by atoms with Gasteiger partial charge in [0.2, 0.25) is 0 Å². The van der Waals surface area contributed by atoms with Crippen molar-refractivity contribution in [1.82, 2.24) is 4.98 Å². The van der Waals surface area contributed by atoms with E-state index in [1.807, 2.05) is 25.4 Å². The molecule has 1 N–H and O–H groups in total. The summed E-state index contributed by atoms with van der Waals surface area (Å²) in [5, 5.41) is 9.27. The highest BCUT2D eigenvalue weighted by Crippen LogP contribution is 2.31. The van der Waals surface area contributed by atoms with Crippen LogP contribution in [0.25, 0.3) is 0 Å². The molecule has 1 aromatic heterocycles. The van der Waals surface area contributed by atoms with Crippen molar-refractivity contribution in [2.75, 3.05) is 55.6 Å². The lowest BCUT2D eigenvalue weighted by atomic mass is 10.0. The number of aromatic nitrogens is 1. The standard InChI is InChI=1S/C25H33FN4O4/c1-28(17-8-10-29(11-9-17)23-14-20(33-2)5-6-22(23)26)24-7-4-18(15-27-24)30-16-21(34-3)12-19(30)13-25(31)32/h4-7,14-15,17,19,21H,8-13,16H2,1-3H3,(H,31,32)/t19-,21-/m1/s1. The van der Waals surface area contributed by atoms with Gasteiger partial charge in [-0.25, -0.2) is 9.37 Å². The van der Waals surface area contributed by atoms with Crippen LogP contribution in [0.3, 0.4) is 0 Å². The second-order valence-electron chi connectivity index (χ2n) is 9.02. The lowest BCUT2D eigenvalue weighted by Crippen LogP contribution is -2.44. The molecule has 0 aliphatic carbocycles. The summed E-state index contributed by atoms with van der Waals surface area (Å²) in [6.45, 7) is 2.16. The van der Waals surface area contributed by atoms with Crippen LogP contribution >= 0.6 is 0 Å². The van der Waals surface area contributed by atoms with Crippen molar-refractivity contribution in [3.05, 3.63) is 42.3 Å². The summed E-state index contributed by atoms with van der Waals surface area (Å²) in [7, 11) is 5.29. The van der Waals surface area contributed by atoms with Gasteiger partial charge < -0.3 is 29.3 Å². The molecule has 184 valence electrons. The molecule has 9 heteroatoms. The fraction of sp³-hybridized carbons (Fsp3) is 0.520. The van der Waals surface area contributed by atoms with Gasteiger partial charge in [0, 0.05) is 51.9 Å². The summed E-state index contributed by atoms with van der Waals surface area (Å²) in [6.07, 6.45) is 4.38. The van der Waals surface area contributed by atoms with Gasteiger partial charge in [-0.1, -0.05) is 0 Å². The minimum atomic E-state index is -0.809. The van der Waals surface area contributed by atoms with Crippen molar-refractivity contribution >= 4 is 23.2 Å². The number of anilines is 3. The number of ether oxygens (including phenoxy) is 2. The summed E-state index contributed by atoms with van der Waals surface area (Å²) in [4.78, 5) is 22.3. The van der Waals surface area contributed by atoms with E-state index >= 15 is 0 Å². The highest BCUT2D eigenvalue weighted by Gasteiger charge is 2.34. The lowest BCUT2D eigenvalue weighted by molar-refractivity contribution is -0.137. The Balaban J connectivity index is 1.39. The quantitative estimate of drug-likeness (QED) is 0.626. The largest absolute Gasteiger partial charge is 0.497 e. The van der Waals surface area contributed by atoms with Gasteiger partial charge in [-0.3, -0.25) is 4.79 Å². The van der Waals surface area contributed by atoms with Crippen molar-refractivity contribution in [1.29, 1.82) is 0 Å². The number of piperidine rings is 1. The maximum Gasteiger partial charge on any atom is 0.305 e. The van der Waals surface area contributed by atoms with Crippen molar-refractivity contribution in [2.24, 2.45) is 0 Å². The summed E-state index contributed by atoms with van der Waals surface area (Å²) in [5.41, 5.74) is 1.49. The number of nitrogens with zero attached hydrogens (tertiary/aromatic N) is 4. The van der Waals surface area contributed by atoms with Crippen molar-refractivity contribution in [3.8, 4) is 5.75 Å². The van der Waals surface area contributed by atoms with Gasteiger partial charge >= 0.3 is 5.97 Å². The molecule has 2 saturated heterocycles. The molecule has 34 heavy (non-hydrogen) atoms. The smallest absolute Gasteiger partial charge is 0.305 e. The Morgan fingerprint density at radius 3 is 2.62 bits per heavy atom. The van der Waals surface area contributed by atoms with Gasteiger partial charge in [0.25, 0.3) is 0 Å². The van der Waals surface area contributed by atoms with Gasteiger partial charge in [-0.05, 0) is 43.5 Å². The highest BCUT2D eigenvalue weighted by atomic mass is 19.1. The molecule has 2 atom stereocenters. The van der Waals surface area contributed by atoms with Crippen LogP contribution in [0.1, 0.15) is 25.7 Å². The molecule has 2 fully saturated rings. The Morgan fingerprint density at radius 2 is 2.00 bits per heavy atom. The number of hydrogen-bond acceptors (Lipinski definition) is 7. The third-order valence-electron chi connectivity index (χ3n) is 7.05. The van der Waals surface area contributed by atoms with E-state index < -0.39 is 5.97 Å². The second kappa shape index (κ2) is 10.5. The zero-order chi connectivity index (χ0) is 24.2. The normalized spacial score (nSPS) is 21.1. The number of pyridine rings is 1. The van der Waals surface area contributed by atoms with Crippen LogP contribution in [0.4, 0.5) is 21.6 Å². The topological polar surface area (TPSA) is 78.4 Å². The van der Waals surface area contributed by atoms with Crippen LogP contribution in [0.2, 0.25) is 0 Å². The first-order valence-corrected chi connectivity index (χ1v) is 11.7. The minimum absolute atomic E-state index is 0.0197. The Kier molecular flexibility index (Phi) is 7.41. The van der Waals surface area contributed by atoms with E-state index in [9.17, 15) is 14.3 Å². The molecule has 0 bridgehead atoms. The average molecular weight is 473 g/mol. The molecule has 8 nitrogen and oxygen atoms in total. The molecular formula is C25H33FN4O4. The summed E-state index contributed by atoms with van der Waals surface area (Å²) in [5.74, 6) is 0.479. The number of carboxylic acid groups (broad SMARTS) is 1. The first-order valence-electron chi connectivity index (χ1n) is 11.7. The number of carboxylic acids is 1. The first-order chi connectivity index (χ1) is 16.4. The van der Waals surface area contributed by atoms with E-state index in [4.69, 9.17) is 9.47 Å². The predicted octanol–water partition coefficient (Wildman–Crippen LogP) is 3.40. The number of benzene rings is 1. The van der Waals surface area contributed by atoms with Crippen LogP contribution < -0.4 is 19.4 Å². The van der Waals surface area contributed by atoms with Crippen LogP contribution in [0.15, 0.2) is 36.5 Å². The van der Waals surface area contributed by atoms with E-state index in [0.29, 0.717) is 30.4 Å². The van der Waals surface area contributed by atoms with E-state index in [1.165, 1.54) is 6.07 Å². The molecule has 3 heterocycles. The Bertz CT molecular complexity index is 981. The third-order valence-corrected chi connectivity index (χ3v) is 7.05. The molecule has 2 aliphatic rings. The van der Waals surface area contributed by atoms with Gasteiger partial charge in [0.05, 0.1) is 37.2 Å². The zero-order valence-corrected chi connectivity index (χ0v) is 20.0. The number of aliphatic carboxylic acids is 1. The molecule has 0 amide bonds. The highest BCUT2D eigenvalue weighted by molar-refractivity contribution is 5.69. The molecule has 0 spiro atoms. The molecule has 2 aromatic rings. The summed E-state index contributed by atoms with van der Waals surface area (Å²) >= 11 is 0. The number of halogens is 1. The van der Waals surface area contributed by atoms with Crippen LogP contribution in [-0.4, -0.2) is 75.1 Å². The van der Waals surface area contributed by atoms with Gasteiger partial charge in [0.15, 0.2) is 0 Å². The third kappa shape index (κ3) is 5.19. The number of methoxy groups -OCH3 is 2. The van der Waals surface area contributed by atoms with Gasteiger partial charge in [-0.15, -0.1) is 0 Å². The Morgan fingerprint density at radius 1 is 1.24 bits per heavy atom. The van der Waals surface area contributed by atoms with Crippen LogP contribution in [-0.2, 0) is 9.53 Å². The van der Waals surface area contributed by atoms with E-state index in [2.05, 4.69) is 19.7 Å². The fourth-order valence-corrected chi connectivity index (χ4v) is 5.06. The lowest BCUT2D eigenvalue weighted by Gasteiger charge is -2.38. The molecule has 1 aromatic carbocycles. The Labute approximate surface area is 199 Å². The molecule has 0 unspecified atom stereocenters. The summed E-state index contributed by atoms with van der Waals surface area (Å²) < 4.78 is 25.1. The van der Waals surface area contributed by atoms with Crippen molar-refractivity contribution in [2.45, 2.75) is 43.9 Å². The minimum Gasteiger partial charge on any atom is -0.497 e. The predicted molar refractivity (Wildman–Crippen MR) is 130 cm³/mol. The second-order valence-corrected chi connectivity index (χ2v) is 9.02. The summed E-state index contributed by atoms with van der Waals surface area (Å²) in [6, 6.07) is 9.03. The fourth-order valence-electron chi connectivity index (χ4n) is 5.06. The van der Waals surface area contributed by atoms with Crippen LogP contribution in [0, 0.1) is 5.82 Å². The number of carbonyl (C=O) groups is 1. The molecule has 4 rings (SSSR count). The zero-order valence-electron chi connectivity index (χ0n) is 20.0. The molecule has 0 radical (unpaired) electrons. The average Bonchev–Trinajstić information content (AvgIpc) is 3.26. The monoisotopic (exact) mass is 472 g/mol. The maximum atomic E-state index is 14.4. The van der Waals surface area contributed by atoms with E-state index in [1.54, 1.807) is 26.4 Å². The van der Waals surface area contributed by atoms with Gasteiger partial charge in [0.1, 0.15) is 17.4 Å². The first kappa shape index (κ1) is 24.1. The Hall–Kier alpha value is -3.07. The van der Waals surface area contributed by atoms with E-state index in [-0.39, 0.29) is 24.4 Å². The SMILES string of the molecule is COc1ccc(F)c(N2CCC(N(C)c3ccc(N4C[C@H](OC)C[C@@H]4CC(=O)O)cn3)CC2)c1.